The fraction of sp³-hybridized carbons (Fsp3) is 0.385. The van der Waals surface area contributed by atoms with Crippen molar-refractivity contribution in [2.75, 3.05) is 12.8 Å². The van der Waals surface area contributed by atoms with E-state index in [4.69, 9.17) is 26.6 Å². The number of aromatic nitrogens is 2. The number of ether oxygens (including phenoxy) is 1. The molecule has 2 aromatic rings. The first-order valence-corrected chi connectivity index (χ1v) is 6.45. The number of nitrogen functional groups attached to an aromatic ring is 1. The lowest BCUT2D eigenvalue weighted by molar-refractivity contribution is 0.0854. The smallest absolute Gasteiger partial charge is 0.258 e. The van der Waals surface area contributed by atoms with E-state index in [1.807, 2.05) is 0 Å². The van der Waals surface area contributed by atoms with Gasteiger partial charge in [-0.05, 0) is 24.6 Å². The molecule has 1 atom stereocenters. The highest BCUT2D eigenvalue weighted by molar-refractivity contribution is 6.33. The van der Waals surface area contributed by atoms with Gasteiger partial charge in [-0.1, -0.05) is 30.1 Å². The molecule has 102 valence electrons. The minimum absolute atomic E-state index is 0.146. The van der Waals surface area contributed by atoms with E-state index in [-0.39, 0.29) is 6.10 Å². The van der Waals surface area contributed by atoms with Gasteiger partial charge in [0.2, 0.25) is 5.82 Å². The molecule has 2 rings (SSSR count). The van der Waals surface area contributed by atoms with Crippen LogP contribution >= 0.6 is 11.6 Å². The number of rotatable bonds is 5. The van der Waals surface area contributed by atoms with Crippen LogP contribution in [0.1, 0.15) is 31.7 Å². The maximum absolute atomic E-state index is 5.88. The monoisotopic (exact) mass is 281 g/mol. The van der Waals surface area contributed by atoms with E-state index in [9.17, 15) is 0 Å². The maximum atomic E-state index is 5.88. The van der Waals surface area contributed by atoms with Crippen LogP contribution in [0.25, 0.3) is 11.5 Å². The van der Waals surface area contributed by atoms with E-state index in [1.165, 1.54) is 0 Å². The lowest BCUT2D eigenvalue weighted by Crippen LogP contribution is -2.03. The average Bonchev–Trinajstić information content (AvgIpc) is 2.88. The zero-order valence-corrected chi connectivity index (χ0v) is 11.6. The van der Waals surface area contributed by atoms with Crippen LogP contribution in [0, 0.1) is 0 Å². The van der Waals surface area contributed by atoms with E-state index < -0.39 is 0 Å². The minimum atomic E-state index is -0.146. The van der Waals surface area contributed by atoms with Gasteiger partial charge >= 0.3 is 0 Å². The van der Waals surface area contributed by atoms with E-state index >= 15 is 0 Å². The number of benzene rings is 1. The summed E-state index contributed by atoms with van der Waals surface area (Å²) in [4.78, 5) is 4.34. The molecule has 5 nitrogen and oxygen atoms in total. The van der Waals surface area contributed by atoms with Crippen molar-refractivity contribution >= 4 is 17.3 Å². The number of nitrogens with zero attached hydrogens (tertiary/aromatic N) is 2. The second-order valence-corrected chi connectivity index (χ2v) is 4.61. The molecule has 1 aromatic carbocycles. The lowest BCUT2D eigenvalue weighted by Gasteiger charge is -2.08. The Hall–Kier alpha value is -1.59. The predicted molar refractivity (Wildman–Crippen MR) is 73.8 cm³/mol. The minimum Gasteiger partial charge on any atom is -0.398 e. The highest BCUT2D eigenvalue weighted by Gasteiger charge is 2.18. The maximum Gasteiger partial charge on any atom is 0.258 e. The number of methoxy groups -OCH3 is 1. The summed E-state index contributed by atoms with van der Waals surface area (Å²) in [5, 5.41) is 4.45. The number of anilines is 1. The van der Waals surface area contributed by atoms with Crippen molar-refractivity contribution < 1.29 is 9.26 Å². The number of hydrogen-bond acceptors (Lipinski definition) is 5. The van der Waals surface area contributed by atoms with Crippen LogP contribution < -0.4 is 5.73 Å². The molecule has 0 bridgehead atoms. The second-order valence-electron chi connectivity index (χ2n) is 4.21. The Balaban J connectivity index is 2.27. The van der Waals surface area contributed by atoms with Crippen LogP contribution in [0.15, 0.2) is 22.7 Å². The van der Waals surface area contributed by atoms with Gasteiger partial charge in [0.15, 0.2) is 0 Å². The first kappa shape index (κ1) is 13.8. The molecular weight excluding hydrogens is 266 g/mol. The summed E-state index contributed by atoms with van der Waals surface area (Å²) in [6.45, 7) is 2.08. The van der Waals surface area contributed by atoms with Crippen LogP contribution in [0.5, 0.6) is 0 Å². The molecule has 1 aromatic heterocycles. The van der Waals surface area contributed by atoms with Crippen LogP contribution in [-0.4, -0.2) is 17.3 Å². The van der Waals surface area contributed by atoms with Crippen molar-refractivity contribution in [2.24, 2.45) is 0 Å². The molecule has 0 aliphatic carbocycles. The third-order valence-corrected chi connectivity index (χ3v) is 3.15. The van der Waals surface area contributed by atoms with E-state index in [0.29, 0.717) is 22.4 Å². The molecule has 2 N–H and O–H groups in total. The highest BCUT2D eigenvalue weighted by Crippen LogP contribution is 2.27. The van der Waals surface area contributed by atoms with Gasteiger partial charge in [0.1, 0.15) is 6.10 Å². The standard InChI is InChI=1S/C13H16ClN3O2/c1-3-4-11(18-2)12-16-13(19-17-12)8-5-6-9(14)10(15)7-8/h5-7,11H,3-4,15H2,1-2H3. The average molecular weight is 282 g/mol. The summed E-state index contributed by atoms with van der Waals surface area (Å²) in [6.07, 6.45) is 1.68. The van der Waals surface area contributed by atoms with Crippen LogP contribution in [0.3, 0.4) is 0 Å². The van der Waals surface area contributed by atoms with E-state index in [2.05, 4.69) is 17.1 Å². The molecule has 1 unspecified atom stereocenters. The molecule has 19 heavy (non-hydrogen) atoms. The fourth-order valence-electron chi connectivity index (χ4n) is 1.77. The molecule has 1 heterocycles. The largest absolute Gasteiger partial charge is 0.398 e. The topological polar surface area (TPSA) is 74.2 Å². The van der Waals surface area contributed by atoms with Crippen LogP contribution in [0.2, 0.25) is 5.02 Å². The molecule has 0 amide bonds. The van der Waals surface area contributed by atoms with Gasteiger partial charge in [0, 0.05) is 12.7 Å². The predicted octanol–water partition coefficient (Wildman–Crippen LogP) is 3.46. The van der Waals surface area contributed by atoms with Gasteiger partial charge in [0.05, 0.1) is 10.7 Å². The third-order valence-electron chi connectivity index (χ3n) is 2.81. The van der Waals surface area contributed by atoms with Crippen molar-refractivity contribution in [3.8, 4) is 11.5 Å². The van der Waals surface area contributed by atoms with Crippen molar-refractivity contribution in [2.45, 2.75) is 25.9 Å². The Labute approximate surface area is 116 Å². The summed E-state index contributed by atoms with van der Waals surface area (Å²) >= 11 is 5.88. The molecule has 0 saturated heterocycles. The summed E-state index contributed by atoms with van der Waals surface area (Å²) in [6, 6.07) is 5.20. The quantitative estimate of drug-likeness (QED) is 0.850. The van der Waals surface area contributed by atoms with Gasteiger partial charge < -0.3 is 15.0 Å². The highest BCUT2D eigenvalue weighted by atomic mass is 35.5. The zero-order valence-electron chi connectivity index (χ0n) is 10.9. The van der Waals surface area contributed by atoms with Gasteiger partial charge in [-0.2, -0.15) is 4.98 Å². The Kier molecular flexibility index (Phi) is 4.39. The van der Waals surface area contributed by atoms with Crippen LogP contribution in [0.4, 0.5) is 5.69 Å². The Morgan fingerprint density at radius 1 is 1.47 bits per heavy atom. The normalized spacial score (nSPS) is 12.6. The van der Waals surface area contributed by atoms with Crippen molar-refractivity contribution in [1.82, 2.24) is 10.1 Å². The summed E-state index contributed by atoms with van der Waals surface area (Å²) in [7, 11) is 1.64. The molecule has 6 heteroatoms. The lowest BCUT2D eigenvalue weighted by atomic mass is 10.2. The number of hydrogen-bond donors (Lipinski definition) is 1. The van der Waals surface area contributed by atoms with Crippen LogP contribution in [-0.2, 0) is 4.74 Å². The van der Waals surface area contributed by atoms with Gasteiger partial charge in [-0.25, -0.2) is 0 Å². The molecule has 0 saturated carbocycles. The zero-order chi connectivity index (χ0) is 13.8. The first-order chi connectivity index (χ1) is 9.15. The molecule has 0 aliphatic heterocycles. The molecule has 0 spiro atoms. The van der Waals surface area contributed by atoms with Gasteiger partial charge in [-0.15, -0.1) is 0 Å². The number of nitrogens with two attached hydrogens (primary N) is 1. The van der Waals surface area contributed by atoms with Crippen molar-refractivity contribution in [3.63, 3.8) is 0 Å². The summed E-state index contributed by atoms with van der Waals surface area (Å²) in [5.41, 5.74) is 6.98. The SMILES string of the molecule is CCCC(OC)c1noc(-c2ccc(Cl)c(N)c2)n1. The number of halogens is 1. The van der Waals surface area contributed by atoms with Crippen molar-refractivity contribution in [1.29, 1.82) is 0 Å². The van der Waals surface area contributed by atoms with E-state index in [0.717, 1.165) is 18.4 Å². The third kappa shape index (κ3) is 3.05. The van der Waals surface area contributed by atoms with E-state index in [1.54, 1.807) is 25.3 Å². The molecule has 0 radical (unpaired) electrons. The summed E-state index contributed by atoms with van der Waals surface area (Å²) in [5.74, 6) is 0.962. The molecule has 0 fully saturated rings. The molecular formula is C13H16ClN3O2. The Morgan fingerprint density at radius 3 is 2.89 bits per heavy atom. The van der Waals surface area contributed by atoms with Gasteiger partial charge in [-0.3, -0.25) is 0 Å². The summed E-state index contributed by atoms with van der Waals surface area (Å²) < 4.78 is 10.6. The Morgan fingerprint density at radius 2 is 2.26 bits per heavy atom. The fourth-order valence-corrected chi connectivity index (χ4v) is 1.89. The van der Waals surface area contributed by atoms with Gasteiger partial charge in [0.25, 0.3) is 5.89 Å². The van der Waals surface area contributed by atoms with Crippen molar-refractivity contribution in [3.05, 3.63) is 29.0 Å². The Bertz CT molecular complexity index is 557. The second kappa shape index (κ2) is 6.04. The molecule has 0 aliphatic rings. The first-order valence-electron chi connectivity index (χ1n) is 6.07.